The molecule has 1 heterocycles. The number of benzene rings is 1. The van der Waals surface area contributed by atoms with Gasteiger partial charge in [0, 0.05) is 5.56 Å². The zero-order chi connectivity index (χ0) is 14.0. The molecule has 1 aromatic carbocycles. The molecule has 0 saturated heterocycles. The van der Waals surface area contributed by atoms with Crippen LogP contribution in [0.3, 0.4) is 0 Å². The highest BCUT2D eigenvalue weighted by atomic mass is 35.5. The van der Waals surface area contributed by atoms with E-state index in [1.807, 2.05) is 0 Å². The van der Waals surface area contributed by atoms with Crippen LogP contribution in [0.5, 0.6) is 0 Å². The zero-order valence-corrected chi connectivity index (χ0v) is 11.5. The molecule has 1 amide bonds. The fraction of sp³-hybridized carbons (Fsp3) is 0. The van der Waals surface area contributed by atoms with Crippen LogP contribution in [0.1, 0.15) is 10.4 Å². The molecule has 0 bridgehead atoms. The Morgan fingerprint density at radius 3 is 2.37 bits per heavy atom. The lowest BCUT2D eigenvalue weighted by Gasteiger charge is -2.07. The van der Waals surface area contributed by atoms with Gasteiger partial charge in [-0.2, -0.15) is 0 Å². The summed E-state index contributed by atoms with van der Waals surface area (Å²) < 4.78 is 13.1. The summed E-state index contributed by atoms with van der Waals surface area (Å²) in [5.41, 5.74) is 0.362. The third-order valence-corrected chi connectivity index (χ3v) is 2.92. The maximum absolute atomic E-state index is 13.1. The van der Waals surface area contributed by atoms with Crippen molar-refractivity contribution < 1.29 is 9.18 Å². The highest BCUT2D eigenvalue weighted by molar-refractivity contribution is 6.34. The monoisotopic (exact) mass is 318 g/mol. The van der Waals surface area contributed by atoms with Crippen molar-refractivity contribution in [3.63, 3.8) is 0 Å². The van der Waals surface area contributed by atoms with E-state index in [0.29, 0.717) is 0 Å². The third kappa shape index (κ3) is 3.56. The van der Waals surface area contributed by atoms with Crippen molar-refractivity contribution in [2.45, 2.75) is 0 Å². The minimum absolute atomic E-state index is 0.0861. The fourth-order valence-electron chi connectivity index (χ4n) is 1.38. The average molecular weight is 320 g/mol. The molecule has 7 heteroatoms. The molecule has 0 fully saturated rings. The van der Waals surface area contributed by atoms with E-state index in [0.717, 1.165) is 6.07 Å². The van der Waals surface area contributed by atoms with Gasteiger partial charge in [0.15, 0.2) is 0 Å². The second kappa shape index (κ2) is 5.74. The first-order chi connectivity index (χ1) is 8.95. The summed E-state index contributed by atoms with van der Waals surface area (Å²) in [7, 11) is 0. The molecule has 98 valence electrons. The second-order valence-electron chi connectivity index (χ2n) is 3.58. The van der Waals surface area contributed by atoms with Crippen LogP contribution >= 0.6 is 34.8 Å². The first-order valence-electron chi connectivity index (χ1n) is 5.05. The molecule has 0 aliphatic carbocycles. The van der Waals surface area contributed by atoms with Crippen LogP contribution < -0.4 is 5.32 Å². The first-order valence-corrected chi connectivity index (χ1v) is 6.18. The number of nitrogens with one attached hydrogen (secondary N) is 1. The van der Waals surface area contributed by atoms with Gasteiger partial charge in [-0.3, -0.25) is 4.79 Å². The number of pyridine rings is 1. The molecule has 0 aliphatic rings. The third-order valence-electron chi connectivity index (χ3n) is 2.20. The molecular weight excluding hydrogens is 314 g/mol. The van der Waals surface area contributed by atoms with Crippen LogP contribution in [0.2, 0.25) is 15.3 Å². The van der Waals surface area contributed by atoms with Gasteiger partial charge in [-0.1, -0.05) is 34.8 Å². The Hall–Kier alpha value is -1.36. The number of carbonyl (C=O) groups is 1. The van der Waals surface area contributed by atoms with Gasteiger partial charge >= 0.3 is 0 Å². The van der Waals surface area contributed by atoms with Crippen molar-refractivity contribution in [2.24, 2.45) is 0 Å². The lowest BCUT2D eigenvalue weighted by molar-refractivity contribution is 0.102. The standard InChI is InChI=1S/C12H6Cl3FN2O/c13-8-2-1-7(16)5-9(8)17-12(19)6-3-10(14)18-11(15)4-6/h1-5H,(H,17,19). The highest BCUT2D eigenvalue weighted by Gasteiger charge is 2.11. The topological polar surface area (TPSA) is 42.0 Å². The summed E-state index contributed by atoms with van der Waals surface area (Å²) in [6, 6.07) is 6.34. The van der Waals surface area contributed by atoms with Crippen LogP contribution in [0.15, 0.2) is 30.3 Å². The largest absolute Gasteiger partial charge is 0.321 e. The highest BCUT2D eigenvalue weighted by Crippen LogP contribution is 2.23. The fourth-order valence-corrected chi connectivity index (χ4v) is 2.01. The predicted molar refractivity (Wildman–Crippen MR) is 73.6 cm³/mol. The van der Waals surface area contributed by atoms with E-state index in [2.05, 4.69) is 10.3 Å². The van der Waals surface area contributed by atoms with Crippen LogP contribution in [-0.2, 0) is 0 Å². The lowest BCUT2D eigenvalue weighted by atomic mass is 10.2. The van der Waals surface area contributed by atoms with Gasteiger partial charge in [0.2, 0.25) is 0 Å². The summed E-state index contributed by atoms with van der Waals surface area (Å²) >= 11 is 17.2. The Morgan fingerprint density at radius 1 is 1.11 bits per heavy atom. The van der Waals surface area contributed by atoms with Crippen LogP contribution in [-0.4, -0.2) is 10.9 Å². The van der Waals surface area contributed by atoms with Crippen LogP contribution in [0.25, 0.3) is 0 Å². The van der Waals surface area contributed by atoms with Crippen molar-refractivity contribution in [2.75, 3.05) is 5.32 Å². The van der Waals surface area contributed by atoms with Gasteiger partial charge in [-0.25, -0.2) is 9.37 Å². The van der Waals surface area contributed by atoms with Crippen molar-refractivity contribution in [3.8, 4) is 0 Å². The van der Waals surface area contributed by atoms with Gasteiger partial charge in [0.25, 0.3) is 5.91 Å². The van der Waals surface area contributed by atoms with E-state index in [1.54, 1.807) is 0 Å². The van der Waals surface area contributed by atoms with Gasteiger partial charge in [0.05, 0.1) is 10.7 Å². The Kier molecular flexibility index (Phi) is 4.24. The molecule has 19 heavy (non-hydrogen) atoms. The Balaban J connectivity index is 2.28. The van der Waals surface area contributed by atoms with Gasteiger partial charge < -0.3 is 5.32 Å². The summed E-state index contributed by atoms with van der Waals surface area (Å²) in [5, 5.41) is 2.86. The number of nitrogens with zero attached hydrogens (tertiary/aromatic N) is 1. The summed E-state index contributed by atoms with van der Waals surface area (Å²) in [5.74, 6) is -1.02. The van der Waals surface area contributed by atoms with Gasteiger partial charge in [-0.15, -0.1) is 0 Å². The molecule has 0 unspecified atom stereocenters. The minimum Gasteiger partial charge on any atom is -0.321 e. The van der Waals surface area contributed by atoms with Crippen molar-refractivity contribution in [3.05, 3.63) is 57.0 Å². The lowest BCUT2D eigenvalue weighted by Crippen LogP contribution is -2.12. The molecule has 2 rings (SSSR count). The van der Waals surface area contributed by atoms with E-state index >= 15 is 0 Å². The Morgan fingerprint density at radius 2 is 1.74 bits per heavy atom. The van der Waals surface area contributed by atoms with Crippen LogP contribution in [0.4, 0.5) is 10.1 Å². The average Bonchev–Trinajstić information content (AvgIpc) is 2.32. The zero-order valence-electron chi connectivity index (χ0n) is 9.25. The molecule has 3 nitrogen and oxygen atoms in total. The molecule has 0 aliphatic heterocycles. The number of halogens is 4. The normalized spacial score (nSPS) is 10.3. The van der Waals surface area contributed by atoms with Gasteiger partial charge in [0.1, 0.15) is 16.1 Å². The molecule has 2 aromatic rings. The van der Waals surface area contributed by atoms with E-state index < -0.39 is 11.7 Å². The number of carbonyl (C=O) groups excluding carboxylic acids is 1. The van der Waals surface area contributed by atoms with Crippen molar-refractivity contribution >= 4 is 46.4 Å². The van der Waals surface area contributed by atoms with Crippen molar-refractivity contribution in [1.29, 1.82) is 0 Å². The number of hydrogen-bond donors (Lipinski definition) is 1. The molecule has 0 saturated carbocycles. The van der Waals surface area contributed by atoms with Crippen molar-refractivity contribution in [1.82, 2.24) is 4.98 Å². The second-order valence-corrected chi connectivity index (χ2v) is 4.76. The molecule has 0 spiro atoms. The number of aromatic nitrogens is 1. The maximum Gasteiger partial charge on any atom is 0.255 e. The summed E-state index contributed by atoms with van der Waals surface area (Å²) in [4.78, 5) is 15.7. The minimum atomic E-state index is -0.515. The summed E-state index contributed by atoms with van der Waals surface area (Å²) in [6.45, 7) is 0. The first kappa shape index (κ1) is 14.1. The number of rotatable bonds is 2. The molecule has 0 radical (unpaired) electrons. The molecule has 1 N–H and O–H groups in total. The van der Waals surface area contributed by atoms with E-state index in [9.17, 15) is 9.18 Å². The van der Waals surface area contributed by atoms with E-state index in [1.165, 1.54) is 24.3 Å². The maximum atomic E-state index is 13.1. The Bertz CT molecular complexity index is 629. The quantitative estimate of drug-likeness (QED) is 0.832. The van der Waals surface area contributed by atoms with E-state index in [-0.39, 0.29) is 26.6 Å². The van der Waals surface area contributed by atoms with E-state index in [4.69, 9.17) is 34.8 Å². The number of amides is 1. The van der Waals surface area contributed by atoms with Crippen LogP contribution in [0, 0.1) is 5.82 Å². The molecule has 0 atom stereocenters. The van der Waals surface area contributed by atoms with Gasteiger partial charge in [-0.05, 0) is 30.3 Å². The molecule has 1 aromatic heterocycles. The SMILES string of the molecule is O=C(Nc1cc(F)ccc1Cl)c1cc(Cl)nc(Cl)c1. The molecular formula is C12H6Cl3FN2O. The number of anilines is 1. The summed E-state index contributed by atoms with van der Waals surface area (Å²) in [6.07, 6.45) is 0. The predicted octanol–water partition coefficient (Wildman–Crippen LogP) is 4.43. The smallest absolute Gasteiger partial charge is 0.255 e. The number of hydrogen-bond acceptors (Lipinski definition) is 2. The Labute approximate surface area is 123 Å².